The lowest BCUT2D eigenvalue weighted by atomic mass is 9.87. The van der Waals surface area contributed by atoms with Gasteiger partial charge in [-0.25, -0.2) is 9.97 Å². The van der Waals surface area contributed by atoms with E-state index in [1.54, 1.807) is 12.4 Å². The third-order valence-electron chi connectivity index (χ3n) is 4.43. The zero-order chi connectivity index (χ0) is 13.3. The first kappa shape index (κ1) is 12.8. The van der Waals surface area contributed by atoms with Crippen molar-refractivity contribution in [2.45, 2.75) is 30.9 Å². The number of anilines is 1. The van der Waals surface area contributed by atoms with Gasteiger partial charge in [0.15, 0.2) is 0 Å². The minimum Gasteiger partial charge on any atom is -0.373 e. The van der Waals surface area contributed by atoms with Crippen LogP contribution in [-0.4, -0.2) is 60.3 Å². The van der Waals surface area contributed by atoms with Gasteiger partial charge in [0.05, 0.1) is 12.2 Å². The maximum absolute atomic E-state index is 6.13. The molecule has 0 saturated carbocycles. The predicted octanol–water partition coefficient (Wildman–Crippen LogP) is 1.17. The molecule has 0 aliphatic carbocycles. The van der Waals surface area contributed by atoms with E-state index in [0.717, 1.165) is 44.9 Å². The van der Waals surface area contributed by atoms with Gasteiger partial charge in [0, 0.05) is 31.5 Å². The molecule has 0 aromatic carbocycles. The monoisotopic (exact) mass is 262 g/mol. The summed E-state index contributed by atoms with van der Waals surface area (Å²) >= 11 is 0. The van der Waals surface area contributed by atoms with Crippen LogP contribution in [-0.2, 0) is 4.74 Å². The third-order valence-corrected chi connectivity index (χ3v) is 4.43. The summed E-state index contributed by atoms with van der Waals surface area (Å²) < 4.78 is 6.13. The lowest BCUT2D eigenvalue weighted by molar-refractivity contribution is -0.0157. The Kier molecular flexibility index (Phi) is 3.41. The molecule has 1 atom stereocenters. The zero-order valence-electron chi connectivity index (χ0n) is 11.7. The van der Waals surface area contributed by atoms with Crippen LogP contribution in [0.2, 0.25) is 0 Å². The molecule has 0 N–H and O–H groups in total. The van der Waals surface area contributed by atoms with E-state index in [1.165, 1.54) is 0 Å². The molecule has 19 heavy (non-hydrogen) atoms. The van der Waals surface area contributed by atoms with Crippen molar-refractivity contribution in [1.29, 1.82) is 0 Å². The molecule has 0 amide bonds. The van der Waals surface area contributed by atoms with Crippen LogP contribution in [0.5, 0.6) is 0 Å². The summed E-state index contributed by atoms with van der Waals surface area (Å²) in [6.45, 7) is 2.85. The van der Waals surface area contributed by atoms with E-state index in [9.17, 15) is 0 Å². The highest BCUT2D eigenvalue weighted by Gasteiger charge is 2.43. The molecule has 2 saturated heterocycles. The molecule has 2 aliphatic rings. The summed E-state index contributed by atoms with van der Waals surface area (Å²) in [7, 11) is 4.28. The minimum atomic E-state index is 0.0974. The average molecular weight is 262 g/mol. The smallest absolute Gasteiger partial charge is 0.225 e. The Bertz CT molecular complexity index is 415. The first-order chi connectivity index (χ1) is 9.19. The van der Waals surface area contributed by atoms with Gasteiger partial charge in [-0.2, -0.15) is 0 Å². The van der Waals surface area contributed by atoms with Gasteiger partial charge in [-0.3, -0.25) is 0 Å². The summed E-state index contributed by atoms with van der Waals surface area (Å²) in [5.74, 6) is 0.847. The molecule has 0 unspecified atom stereocenters. The second-order valence-corrected chi connectivity index (χ2v) is 5.85. The fourth-order valence-electron chi connectivity index (χ4n) is 3.07. The van der Waals surface area contributed by atoms with E-state index >= 15 is 0 Å². The summed E-state index contributed by atoms with van der Waals surface area (Å²) in [5.41, 5.74) is 0.0974. The SMILES string of the molecule is CN(C)[C@H]1COC2(CCN(c3ncccn3)CC2)C1. The summed E-state index contributed by atoms with van der Waals surface area (Å²) in [5, 5.41) is 0. The van der Waals surface area contributed by atoms with Crippen LogP contribution in [0, 0.1) is 0 Å². The van der Waals surface area contributed by atoms with E-state index in [0.29, 0.717) is 6.04 Å². The van der Waals surface area contributed by atoms with Gasteiger partial charge in [0.25, 0.3) is 0 Å². The molecule has 0 bridgehead atoms. The van der Waals surface area contributed by atoms with E-state index in [-0.39, 0.29) is 5.60 Å². The van der Waals surface area contributed by atoms with Crippen molar-refractivity contribution in [2.24, 2.45) is 0 Å². The van der Waals surface area contributed by atoms with Crippen LogP contribution in [0.15, 0.2) is 18.5 Å². The number of hydrogen-bond acceptors (Lipinski definition) is 5. The summed E-state index contributed by atoms with van der Waals surface area (Å²) in [4.78, 5) is 13.2. The van der Waals surface area contributed by atoms with Crippen molar-refractivity contribution in [2.75, 3.05) is 38.7 Å². The highest BCUT2D eigenvalue weighted by molar-refractivity contribution is 5.29. The second-order valence-electron chi connectivity index (χ2n) is 5.85. The Morgan fingerprint density at radius 2 is 1.95 bits per heavy atom. The second kappa shape index (κ2) is 5.06. The van der Waals surface area contributed by atoms with Gasteiger partial charge >= 0.3 is 0 Å². The third kappa shape index (κ3) is 2.58. The fraction of sp³-hybridized carbons (Fsp3) is 0.714. The van der Waals surface area contributed by atoms with E-state index in [2.05, 4.69) is 33.9 Å². The molecule has 5 nitrogen and oxygen atoms in total. The molecule has 1 aromatic rings. The normalized spacial score (nSPS) is 26.3. The molecule has 104 valence electrons. The molecular formula is C14H22N4O. The van der Waals surface area contributed by atoms with Crippen molar-refractivity contribution in [3.63, 3.8) is 0 Å². The molecular weight excluding hydrogens is 240 g/mol. The molecule has 5 heteroatoms. The van der Waals surface area contributed by atoms with Crippen molar-refractivity contribution < 1.29 is 4.74 Å². The Morgan fingerprint density at radius 3 is 2.53 bits per heavy atom. The van der Waals surface area contributed by atoms with Crippen molar-refractivity contribution in [1.82, 2.24) is 14.9 Å². The molecule has 1 spiro atoms. The lowest BCUT2D eigenvalue weighted by Crippen LogP contribution is -2.45. The molecule has 1 aromatic heterocycles. The topological polar surface area (TPSA) is 41.5 Å². The number of rotatable bonds is 2. The van der Waals surface area contributed by atoms with Gasteiger partial charge in [-0.15, -0.1) is 0 Å². The number of piperidine rings is 1. The highest BCUT2D eigenvalue weighted by atomic mass is 16.5. The lowest BCUT2D eigenvalue weighted by Gasteiger charge is -2.38. The summed E-state index contributed by atoms with van der Waals surface area (Å²) in [6.07, 6.45) is 6.93. The maximum atomic E-state index is 6.13. The molecule has 0 radical (unpaired) electrons. The van der Waals surface area contributed by atoms with Gasteiger partial charge in [-0.05, 0) is 39.4 Å². The standard InChI is InChI=1S/C14H22N4O/c1-17(2)12-10-14(19-11-12)4-8-18(9-5-14)13-15-6-3-7-16-13/h3,6-7,12H,4-5,8-11H2,1-2H3/t12-/m1/s1. The van der Waals surface area contributed by atoms with Crippen molar-refractivity contribution in [3.05, 3.63) is 18.5 Å². The molecule has 3 rings (SSSR count). The highest BCUT2D eigenvalue weighted by Crippen LogP contribution is 2.37. The Morgan fingerprint density at radius 1 is 1.26 bits per heavy atom. The van der Waals surface area contributed by atoms with E-state index < -0.39 is 0 Å². The number of nitrogens with zero attached hydrogens (tertiary/aromatic N) is 4. The number of hydrogen-bond donors (Lipinski definition) is 0. The predicted molar refractivity (Wildman–Crippen MR) is 74.3 cm³/mol. The van der Waals surface area contributed by atoms with Crippen LogP contribution in [0.1, 0.15) is 19.3 Å². The van der Waals surface area contributed by atoms with Crippen molar-refractivity contribution >= 4 is 5.95 Å². The Hall–Kier alpha value is -1.20. The largest absolute Gasteiger partial charge is 0.373 e. The van der Waals surface area contributed by atoms with Gasteiger partial charge in [0.1, 0.15) is 0 Å². The van der Waals surface area contributed by atoms with Crippen LogP contribution >= 0.6 is 0 Å². The van der Waals surface area contributed by atoms with E-state index in [1.807, 2.05) is 6.07 Å². The Balaban J connectivity index is 1.61. The quantitative estimate of drug-likeness (QED) is 0.800. The van der Waals surface area contributed by atoms with E-state index in [4.69, 9.17) is 4.74 Å². The molecule has 2 aliphatic heterocycles. The molecule has 2 fully saturated rings. The van der Waals surface area contributed by atoms with Gasteiger partial charge in [0.2, 0.25) is 5.95 Å². The molecule has 3 heterocycles. The number of ether oxygens (including phenoxy) is 1. The van der Waals surface area contributed by atoms with Crippen LogP contribution in [0.3, 0.4) is 0 Å². The average Bonchev–Trinajstić information content (AvgIpc) is 2.85. The number of likely N-dealkylation sites (N-methyl/N-ethyl adjacent to an activating group) is 1. The minimum absolute atomic E-state index is 0.0974. The van der Waals surface area contributed by atoms with Gasteiger partial charge < -0.3 is 14.5 Å². The van der Waals surface area contributed by atoms with Crippen LogP contribution in [0.4, 0.5) is 5.95 Å². The first-order valence-corrected chi connectivity index (χ1v) is 7.01. The number of aromatic nitrogens is 2. The summed E-state index contributed by atoms with van der Waals surface area (Å²) in [6, 6.07) is 2.43. The first-order valence-electron chi connectivity index (χ1n) is 7.01. The van der Waals surface area contributed by atoms with Crippen LogP contribution in [0.25, 0.3) is 0 Å². The van der Waals surface area contributed by atoms with Gasteiger partial charge in [-0.1, -0.05) is 0 Å². The Labute approximate surface area is 114 Å². The van der Waals surface area contributed by atoms with Crippen molar-refractivity contribution in [3.8, 4) is 0 Å². The maximum Gasteiger partial charge on any atom is 0.225 e. The fourth-order valence-corrected chi connectivity index (χ4v) is 3.07. The zero-order valence-corrected chi connectivity index (χ0v) is 11.7. The van der Waals surface area contributed by atoms with Crippen LogP contribution < -0.4 is 4.90 Å².